The van der Waals surface area contributed by atoms with Gasteiger partial charge in [-0.3, -0.25) is 0 Å². The third-order valence-electron chi connectivity index (χ3n) is 6.63. The van der Waals surface area contributed by atoms with E-state index in [1.165, 1.54) is 6.07 Å². The Labute approximate surface area is 191 Å². The van der Waals surface area contributed by atoms with Gasteiger partial charge in [0.25, 0.3) is 0 Å². The lowest BCUT2D eigenvalue weighted by atomic mass is 9.90. The first-order valence-electron chi connectivity index (χ1n) is 11.5. The summed E-state index contributed by atoms with van der Waals surface area (Å²) >= 11 is 0. The molecule has 0 aliphatic rings. The Bertz CT molecular complexity index is 949. The number of allylic oxidation sites excluding steroid dienone is 1. The predicted octanol–water partition coefficient (Wildman–Crippen LogP) is 6.60. The molecule has 0 amide bonds. The van der Waals surface area contributed by atoms with Crippen LogP contribution in [0.1, 0.15) is 96.7 Å². The zero-order chi connectivity index (χ0) is 24.2. The molecule has 1 heterocycles. The maximum Gasteiger partial charge on any atom is 0.159 e. The first-order valence-corrected chi connectivity index (χ1v) is 11.5. The second-order valence-corrected chi connectivity index (χ2v) is 8.80. The van der Waals surface area contributed by atoms with E-state index >= 15 is 0 Å². The fourth-order valence-corrected chi connectivity index (χ4v) is 3.84. The summed E-state index contributed by atoms with van der Waals surface area (Å²) in [5.74, 6) is -1.69. The molecule has 2 aromatic rings. The van der Waals surface area contributed by atoms with Crippen molar-refractivity contribution in [2.24, 2.45) is 5.73 Å². The third-order valence-corrected chi connectivity index (χ3v) is 6.63. The maximum absolute atomic E-state index is 13.8. The standard InChI is InChI=1S/C26H38F2N2O2/c1-8-16(4)24(29)20-13-14-30(25(20)17(5)9-2)23(10-3)32-18(6)26(7,31)19-11-12-21(27)22(28)15-19/h11-15,17-18,23,31H,8-10,29H2,1-7H3/b24-16-/t17?,18?,23?,26-/m0/s1. The van der Waals surface area contributed by atoms with Crippen molar-refractivity contribution < 1.29 is 18.6 Å². The average molecular weight is 449 g/mol. The van der Waals surface area contributed by atoms with E-state index in [0.717, 1.165) is 47.5 Å². The van der Waals surface area contributed by atoms with E-state index in [-0.39, 0.29) is 17.7 Å². The molecule has 4 nitrogen and oxygen atoms in total. The fraction of sp³-hybridized carbons (Fsp3) is 0.538. The minimum absolute atomic E-state index is 0.253. The highest BCUT2D eigenvalue weighted by Gasteiger charge is 2.34. The van der Waals surface area contributed by atoms with Crippen LogP contribution in [0.2, 0.25) is 0 Å². The molecule has 0 saturated heterocycles. The van der Waals surface area contributed by atoms with Gasteiger partial charge in [-0.05, 0) is 75.3 Å². The highest BCUT2D eigenvalue weighted by molar-refractivity contribution is 5.68. The van der Waals surface area contributed by atoms with Gasteiger partial charge in [-0.2, -0.15) is 0 Å². The van der Waals surface area contributed by atoms with E-state index < -0.39 is 23.3 Å². The number of nitrogens with zero attached hydrogens (tertiary/aromatic N) is 1. The van der Waals surface area contributed by atoms with E-state index in [2.05, 4.69) is 25.3 Å². The maximum atomic E-state index is 13.8. The van der Waals surface area contributed by atoms with Gasteiger partial charge < -0.3 is 20.1 Å². The molecule has 0 spiro atoms. The van der Waals surface area contributed by atoms with Gasteiger partial charge in [0.1, 0.15) is 11.8 Å². The number of halogens is 2. The zero-order valence-corrected chi connectivity index (χ0v) is 20.4. The second-order valence-electron chi connectivity index (χ2n) is 8.80. The smallest absolute Gasteiger partial charge is 0.159 e. The number of ether oxygens (including phenoxy) is 1. The lowest BCUT2D eigenvalue weighted by Crippen LogP contribution is -2.38. The van der Waals surface area contributed by atoms with Crippen LogP contribution in [0.25, 0.3) is 5.70 Å². The number of nitrogens with two attached hydrogens (primary N) is 1. The Morgan fingerprint density at radius 2 is 1.78 bits per heavy atom. The molecule has 0 fully saturated rings. The molecule has 0 aliphatic carbocycles. The molecule has 0 saturated carbocycles. The van der Waals surface area contributed by atoms with Crippen molar-refractivity contribution >= 4 is 5.70 Å². The summed E-state index contributed by atoms with van der Waals surface area (Å²) in [5, 5.41) is 11.1. The number of aromatic nitrogens is 1. The lowest BCUT2D eigenvalue weighted by molar-refractivity contribution is -0.145. The Morgan fingerprint density at radius 3 is 2.31 bits per heavy atom. The molecule has 3 N–H and O–H groups in total. The van der Waals surface area contributed by atoms with Gasteiger partial charge in [-0.15, -0.1) is 0 Å². The molecule has 0 aliphatic heterocycles. The van der Waals surface area contributed by atoms with Gasteiger partial charge >= 0.3 is 0 Å². The summed E-state index contributed by atoms with van der Waals surface area (Å²) in [6.07, 6.45) is 3.42. The third kappa shape index (κ3) is 5.24. The van der Waals surface area contributed by atoms with Crippen LogP contribution in [0.15, 0.2) is 36.0 Å². The molecule has 1 aromatic carbocycles. The molecule has 4 atom stereocenters. The van der Waals surface area contributed by atoms with Gasteiger partial charge in [-0.1, -0.05) is 33.8 Å². The fourth-order valence-electron chi connectivity index (χ4n) is 3.84. The summed E-state index contributed by atoms with van der Waals surface area (Å²) in [5.41, 5.74) is 9.29. The monoisotopic (exact) mass is 448 g/mol. The first kappa shape index (κ1) is 26.1. The van der Waals surface area contributed by atoms with E-state index in [9.17, 15) is 13.9 Å². The lowest BCUT2D eigenvalue weighted by Gasteiger charge is -2.35. The van der Waals surface area contributed by atoms with Crippen molar-refractivity contribution in [2.45, 2.75) is 91.6 Å². The van der Waals surface area contributed by atoms with Gasteiger partial charge in [-0.25, -0.2) is 8.78 Å². The number of aliphatic hydroxyl groups is 1. The van der Waals surface area contributed by atoms with Crippen LogP contribution in [-0.2, 0) is 10.3 Å². The molecule has 32 heavy (non-hydrogen) atoms. The first-order chi connectivity index (χ1) is 15.0. The van der Waals surface area contributed by atoms with Crippen molar-refractivity contribution in [3.8, 4) is 0 Å². The summed E-state index contributed by atoms with van der Waals surface area (Å²) in [7, 11) is 0. The summed E-state index contributed by atoms with van der Waals surface area (Å²) in [6, 6.07) is 5.46. The number of hydrogen-bond acceptors (Lipinski definition) is 3. The number of benzene rings is 1. The highest BCUT2D eigenvalue weighted by Crippen LogP contribution is 2.35. The Kier molecular flexibility index (Phi) is 8.66. The zero-order valence-electron chi connectivity index (χ0n) is 20.4. The van der Waals surface area contributed by atoms with Gasteiger partial charge in [0, 0.05) is 23.2 Å². The Hall–Kier alpha value is -2.18. The van der Waals surface area contributed by atoms with E-state index in [0.29, 0.717) is 6.42 Å². The van der Waals surface area contributed by atoms with Crippen molar-refractivity contribution in [1.82, 2.24) is 4.57 Å². The normalized spacial score (nSPS) is 17.4. The van der Waals surface area contributed by atoms with E-state index in [4.69, 9.17) is 10.5 Å². The minimum atomic E-state index is -1.51. The molecular formula is C26H38F2N2O2. The summed E-state index contributed by atoms with van der Waals surface area (Å²) in [6.45, 7) is 13.7. The predicted molar refractivity (Wildman–Crippen MR) is 126 cm³/mol. The number of hydrogen-bond donors (Lipinski definition) is 2. The SMILES string of the molecule is CC/C(C)=C(\N)c1ccn(C(CC)OC(C)[C@](C)(O)c2ccc(F)c(F)c2)c1C(C)CC. The van der Waals surface area contributed by atoms with Crippen molar-refractivity contribution in [1.29, 1.82) is 0 Å². The second kappa shape index (κ2) is 10.6. The van der Waals surface area contributed by atoms with Crippen molar-refractivity contribution in [3.63, 3.8) is 0 Å². The Morgan fingerprint density at radius 1 is 1.12 bits per heavy atom. The minimum Gasteiger partial charge on any atom is -0.398 e. The quantitative estimate of drug-likeness (QED) is 0.430. The highest BCUT2D eigenvalue weighted by atomic mass is 19.2. The van der Waals surface area contributed by atoms with Gasteiger partial charge in [0.15, 0.2) is 11.6 Å². The largest absolute Gasteiger partial charge is 0.398 e. The van der Waals surface area contributed by atoms with Crippen LogP contribution in [0.4, 0.5) is 8.78 Å². The molecule has 0 radical (unpaired) electrons. The molecule has 178 valence electrons. The van der Waals surface area contributed by atoms with Crippen LogP contribution in [0.3, 0.4) is 0 Å². The van der Waals surface area contributed by atoms with Crippen LogP contribution in [-0.4, -0.2) is 15.8 Å². The topological polar surface area (TPSA) is 60.4 Å². The van der Waals surface area contributed by atoms with Crippen molar-refractivity contribution in [2.75, 3.05) is 0 Å². The molecular weight excluding hydrogens is 410 g/mol. The molecule has 2 rings (SSSR count). The summed E-state index contributed by atoms with van der Waals surface area (Å²) in [4.78, 5) is 0. The van der Waals surface area contributed by atoms with Gasteiger partial charge in [0.2, 0.25) is 0 Å². The molecule has 6 heteroatoms. The molecule has 3 unspecified atom stereocenters. The van der Waals surface area contributed by atoms with E-state index in [1.54, 1.807) is 13.8 Å². The average Bonchev–Trinajstić information content (AvgIpc) is 3.21. The molecule has 0 bridgehead atoms. The van der Waals surface area contributed by atoms with Crippen LogP contribution >= 0.6 is 0 Å². The van der Waals surface area contributed by atoms with Crippen LogP contribution in [0, 0.1) is 11.6 Å². The van der Waals surface area contributed by atoms with Crippen LogP contribution in [0.5, 0.6) is 0 Å². The van der Waals surface area contributed by atoms with Gasteiger partial charge in [0.05, 0.1) is 6.10 Å². The Balaban J connectivity index is 2.43. The van der Waals surface area contributed by atoms with E-state index in [1.807, 2.05) is 26.1 Å². The van der Waals surface area contributed by atoms with Crippen molar-refractivity contribution in [3.05, 3.63) is 64.5 Å². The number of rotatable bonds is 10. The molecule has 1 aromatic heterocycles. The van der Waals surface area contributed by atoms with Crippen LogP contribution < -0.4 is 5.73 Å². The summed E-state index contributed by atoms with van der Waals surface area (Å²) < 4.78 is 35.6.